The highest BCUT2D eigenvalue weighted by atomic mass is 79.9. The van der Waals surface area contributed by atoms with E-state index in [9.17, 15) is 0 Å². The van der Waals surface area contributed by atoms with Gasteiger partial charge in [-0.1, -0.05) is 18.2 Å². The van der Waals surface area contributed by atoms with Crippen LogP contribution in [0.2, 0.25) is 0 Å². The van der Waals surface area contributed by atoms with E-state index >= 15 is 0 Å². The molecule has 0 saturated heterocycles. The van der Waals surface area contributed by atoms with Gasteiger partial charge in [0.1, 0.15) is 0 Å². The molecule has 0 radical (unpaired) electrons. The van der Waals surface area contributed by atoms with Crippen molar-refractivity contribution >= 4 is 15.9 Å². The van der Waals surface area contributed by atoms with Crippen molar-refractivity contribution in [3.63, 3.8) is 0 Å². The molecular weight excluding hydrogens is 266 g/mol. The molecule has 1 aliphatic rings. The molecule has 2 N–H and O–H groups in total. The summed E-state index contributed by atoms with van der Waals surface area (Å²) >= 11 is 3.53. The molecule has 1 aromatic carbocycles. The summed E-state index contributed by atoms with van der Waals surface area (Å²) in [6, 6.07) is 10.1. The average molecular weight is 278 g/mol. The average Bonchev–Trinajstić information content (AvgIpc) is 2.91. The number of hydrogen-bond donors (Lipinski definition) is 1. The summed E-state index contributed by atoms with van der Waals surface area (Å²) in [5.74, 6) is 0. The first kappa shape index (κ1) is 10.1. The monoisotopic (exact) mass is 277 g/mol. The van der Waals surface area contributed by atoms with E-state index in [0.717, 1.165) is 28.7 Å². The summed E-state index contributed by atoms with van der Waals surface area (Å²) < 4.78 is 2.92. The predicted octanol–water partition coefficient (Wildman–Crippen LogP) is 2.58. The van der Waals surface area contributed by atoms with Crippen LogP contribution in [0.4, 0.5) is 0 Å². The maximum absolute atomic E-state index is 6.26. The Morgan fingerprint density at radius 2 is 1.94 bits per heavy atom. The number of rotatable bonds is 2. The lowest BCUT2D eigenvalue weighted by atomic mass is 10.2. The predicted molar refractivity (Wildman–Crippen MR) is 66.4 cm³/mol. The van der Waals surface area contributed by atoms with Gasteiger partial charge in [-0.3, -0.25) is 0 Å². The molecule has 0 atom stereocenters. The quantitative estimate of drug-likeness (QED) is 0.917. The Labute approximate surface area is 102 Å². The molecule has 0 aliphatic heterocycles. The number of aromatic nitrogens is 2. The molecule has 1 aromatic heterocycles. The second-order valence-corrected chi connectivity index (χ2v) is 5.10. The molecule has 1 heterocycles. The molecule has 4 heteroatoms. The second-order valence-electron chi connectivity index (χ2n) is 4.24. The summed E-state index contributed by atoms with van der Waals surface area (Å²) in [4.78, 5) is 0. The van der Waals surface area contributed by atoms with Crippen molar-refractivity contribution in [3.8, 4) is 5.69 Å². The van der Waals surface area contributed by atoms with Crippen LogP contribution in [-0.4, -0.2) is 9.78 Å². The van der Waals surface area contributed by atoms with E-state index < -0.39 is 0 Å². The zero-order valence-corrected chi connectivity index (χ0v) is 10.3. The normalized spacial score (nSPS) is 17.4. The van der Waals surface area contributed by atoms with Crippen LogP contribution in [0.3, 0.4) is 0 Å². The Kier molecular flexibility index (Phi) is 2.16. The Bertz CT molecular complexity index is 514. The first-order valence-corrected chi connectivity index (χ1v) is 6.08. The fraction of sp³-hybridized carbons (Fsp3) is 0.250. The van der Waals surface area contributed by atoms with Crippen LogP contribution in [0, 0.1) is 0 Å². The van der Waals surface area contributed by atoms with Gasteiger partial charge in [0.25, 0.3) is 0 Å². The minimum absolute atomic E-state index is 0.189. The lowest BCUT2D eigenvalue weighted by Crippen LogP contribution is -2.23. The van der Waals surface area contributed by atoms with E-state index in [1.54, 1.807) is 0 Å². The van der Waals surface area contributed by atoms with E-state index in [4.69, 9.17) is 5.73 Å². The van der Waals surface area contributed by atoms with Crippen LogP contribution < -0.4 is 5.73 Å². The van der Waals surface area contributed by atoms with Gasteiger partial charge < -0.3 is 5.73 Å². The molecular formula is C12H12BrN3. The van der Waals surface area contributed by atoms with Gasteiger partial charge in [-0.05, 0) is 40.9 Å². The fourth-order valence-electron chi connectivity index (χ4n) is 1.91. The van der Waals surface area contributed by atoms with Gasteiger partial charge >= 0.3 is 0 Å². The molecule has 0 unspecified atom stereocenters. The highest BCUT2D eigenvalue weighted by Crippen LogP contribution is 2.46. The Hall–Kier alpha value is -1.13. The maximum atomic E-state index is 6.26. The molecule has 2 aromatic rings. The summed E-state index contributed by atoms with van der Waals surface area (Å²) in [7, 11) is 0. The van der Waals surface area contributed by atoms with Gasteiger partial charge in [0, 0.05) is 0 Å². The largest absolute Gasteiger partial charge is 0.320 e. The van der Waals surface area contributed by atoms with Crippen molar-refractivity contribution in [2.45, 2.75) is 18.4 Å². The fourth-order valence-corrected chi connectivity index (χ4v) is 2.57. The van der Waals surface area contributed by atoms with Crippen LogP contribution in [0.15, 0.2) is 41.0 Å². The van der Waals surface area contributed by atoms with E-state index in [0.29, 0.717) is 0 Å². The number of para-hydroxylation sites is 1. The van der Waals surface area contributed by atoms with Crippen molar-refractivity contribution < 1.29 is 0 Å². The lowest BCUT2D eigenvalue weighted by molar-refractivity contribution is 0.654. The van der Waals surface area contributed by atoms with Gasteiger partial charge in [-0.2, -0.15) is 5.10 Å². The third-order valence-electron chi connectivity index (χ3n) is 2.99. The minimum Gasteiger partial charge on any atom is -0.320 e. The van der Waals surface area contributed by atoms with Crippen molar-refractivity contribution in [1.82, 2.24) is 9.78 Å². The molecule has 1 fully saturated rings. The molecule has 0 spiro atoms. The third-order valence-corrected chi connectivity index (χ3v) is 3.57. The van der Waals surface area contributed by atoms with Crippen LogP contribution in [0.25, 0.3) is 5.69 Å². The highest BCUT2D eigenvalue weighted by Gasteiger charge is 2.44. The highest BCUT2D eigenvalue weighted by molar-refractivity contribution is 9.10. The van der Waals surface area contributed by atoms with E-state index in [1.807, 2.05) is 41.2 Å². The van der Waals surface area contributed by atoms with Crippen LogP contribution in [0.5, 0.6) is 0 Å². The zero-order valence-electron chi connectivity index (χ0n) is 8.73. The number of benzene rings is 1. The maximum Gasteiger partial charge on any atom is 0.0783 e. The van der Waals surface area contributed by atoms with Gasteiger partial charge in [-0.25, -0.2) is 4.68 Å². The molecule has 3 rings (SSSR count). The van der Waals surface area contributed by atoms with E-state index in [2.05, 4.69) is 21.0 Å². The number of halogens is 1. The van der Waals surface area contributed by atoms with Gasteiger partial charge in [-0.15, -0.1) is 0 Å². The van der Waals surface area contributed by atoms with Crippen molar-refractivity contribution in [1.29, 1.82) is 0 Å². The molecule has 3 nitrogen and oxygen atoms in total. The molecule has 82 valence electrons. The third kappa shape index (κ3) is 1.49. The van der Waals surface area contributed by atoms with Gasteiger partial charge in [0.15, 0.2) is 0 Å². The molecule has 0 bridgehead atoms. The number of hydrogen-bond acceptors (Lipinski definition) is 2. The molecule has 0 amide bonds. The number of nitrogens with zero attached hydrogens (tertiary/aromatic N) is 2. The summed E-state index contributed by atoms with van der Waals surface area (Å²) in [5.41, 5.74) is 8.21. The van der Waals surface area contributed by atoms with Crippen LogP contribution >= 0.6 is 15.9 Å². The summed E-state index contributed by atoms with van der Waals surface area (Å²) in [6.07, 6.45) is 3.88. The molecule has 1 aliphatic carbocycles. The Balaban J connectivity index is 2.15. The van der Waals surface area contributed by atoms with E-state index in [-0.39, 0.29) is 5.54 Å². The van der Waals surface area contributed by atoms with Crippen LogP contribution in [0.1, 0.15) is 18.5 Å². The number of nitrogens with two attached hydrogens (primary N) is 1. The Morgan fingerprint density at radius 3 is 2.56 bits per heavy atom. The SMILES string of the molecule is NC1(c2c(Br)cnn2-c2ccccc2)CC1. The van der Waals surface area contributed by atoms with Gasteiger partial charge in [0.2, 0.25) is 0 Å². The lowest BCUT2D eigenvalue weighted by Gasteiger charge is -2.13. The Morgan fingerprint density at radius 1 is 1.25 bits per heavy atom. The second kappa shape index (κ2) is 3.43. The molecule has 1 saturated carbocycles. The smallest absolute Gasteiger partial charge is 0.0783 e. The minimum atomic E-state index is -0.189. The first-order valence-electron chi connectivity index (χ1n) is 5.29. The van der Waals surface area contributed by atoms with E-state index in [1.165, 1.54) is 0 Å². The summed E-state index contributed by atoms with van der Waals surface area (Å²) in [6.45, 7) is 0. The first-order chi connectivity index (χ1) is 7.71. The van der Waals surface area contributed by atoms with Crippen molar-refractivity contribution in [2.24, 2.45) is 5.73 Å². The zero-order chi connectivity index (χ0) is 11.2. The van der Waals surface area contributed by atoms with Crippen molar-refractivity contribution in [3.05, 3.63) is 46.7 Å². The topological polar surface area (TPSA) is 43.8 Å². The van der Waals surface area contributed by atoms with Crippen molar-refractivity contribution in [2.75, 3.05) is 0 Å². The standard InChI is InChI=1S/C12H12BrN3/c13-10-8-15-16(9-4-2-1-3-5-9)11(10)12(14)6-7-12/h1-5,8H,6-7,14H2. The van der Waals surface area contributed by atoms with Crippen LogP contribution in [-0.2, 0) is 5.54 Å². The van der Waals surface area contributed by atoms with Gasteiger partial charge in [0.05, 0.1) is 27.6 Å². The summed E-state index contributed by atoms with van der Waals surface area (Å²) in [5, 5.41) is 4.38. The molecule has 16 heavy (non-hydrogen) atoms.